The molecule has 142 valence electrons. The van der Waals surface area contributed by atoms with Crippen LogP contribution in [0.5, 0.6) is 5.88 Å². The van der Waals surface area contributed by atoms with Crippen LogP contribution in [0, 0.1) is 5.41 Å². The smallest absolute Gasteiger partial charge is 0.396 e. The van der Waals surface area contributed by atoms with Gasteiger partial charge < -0.3 is 10.1 Å². The van der Waals surface area contributed by atoms with E-state index in [4.69, 9.17) is 4.74 Å². The summed E-state index contributed by atoms with van der Waals surface area (Å²) < 4.78 is 48.5. The van der Waals surface area contributed by atoms with E-state index >= 15 is 0 Å². The Bertz CT molecular complexity index is 707. The molecule has 0 atom stereocenters. The molecule has 0 aliphatic heterocycles. The minimum atomic E-state index is -4.24. The number of rotatable bonds is 7. The van der Waals surface area contributed by atoms with Gasteiger partial charge in [-0.1, -0.05) is 43.2 Å². The van der Waals surface area contributed by atoms with E-state index in [9.17, 15) is 13.2 Å². The van der Waals surface area contributed by atoms with Crippen LogP contribution in [0.2, 0.25) is 0 Å². The Balaban J connectivity index is 1.82. The summed E-state index contributed by atoms with van der Waals surface area (Å²) >= 11 is 0. The Hall–Kier alpha value is -2.02. The first-order valence-electron chi connectivity index (χ1n) is 8.88. The van der Waals surface area contributed by atoms with Gasteiger partial charge in [0.25, 0.3) is 0 Å². The molecule has 1 N–H and O–H groups in total. The zero-order chi connectivity index (χ0) is 18.6. The van der Waals surface area contributed by atoms with Crippen LogP contribution >= 0.6 is 0 Å². The first-order valence-corrected chi connectivity index (χ1v) is 8.88. The number of hydrogen-bond donors (Lipinski definition) is 1. The normalized spacial score (nSPS) is 16.8. The second-order valence-electron chi connectivity index (χ2n) is 6.92. The molecule has 1 aromatic heterocycles. The standard InChI is InChI=1S/C19H24F3N3O/c1-23-12-16-11-17(26-13-15-7-3-2-4-8-15)25(24-16)14-18(19(20,21)22)9-5-6-10-18/h2-4,7-8,11,23H,5-6,9-10,12-14H2,1H3. The summed E-state index contributed by atoms with van der Waals surface area (Å²) in [6.45, 7) is 0.586. The number of alkyl halides is 3. The maximum Gasteiger partial charge on any atom is 0.396 e. The summed E-state index contributed by atoms with van der Waals surface area (Å²) in [5.74, 6) is 0.384. The highest BCUT2D eigenvalue weighted by Crippen LogP contribution is 2.51. The maximum atomic E-state index is 13.7. The predicted octanol–water partition coefficient (Wildman–Crippen LogP) is 4.30. The minimum Gasteiger partial charge on any atom is -0.473 e. The molecule has 4 nitrogen and oxygen atoms in total. The SMILES string of the molecule is CNCc1cc(OCc2ccccc2)n(CC2(C(F)(F)F)CCCC2)n1. The van der Waals surface area contributed by atoms with Crippen molar-refractivity contribution < 1.29 is 17.9 Å². The molecule has 1 fully saturated rings. The summed E-state index contributed by atoms with van der Waals surface area (Å²) in [6.07, 6.45) is -2.74. The highest BCUT2D eigenvalue weighted by atomic mass is 19.4. The van der Waals surface area contributed by atoms with Crippen molar-refractivity contribution >= 4 is 0 Å². The predicted molar refractivity (Wildman–Crippen MR) is 92.7 cm³/mol. The average molecular weight is 367 g/mol. The molecular weight excluding hydrogens is 343 g/mol. The van der Waals surface area contributed by atoms with Crippen LogP contribution in [-0.4, -0.2) is 23.0 Å². The first-order chi connectivity index (χ1) is 12.4. The van der Waals surface area contributed by atoms with Gasteiger partial charge in [-0.15, -0.1) is 0 Å². The lowest BCUT2D eigenvalue weighted by Gasteiger charge is -2.31. The topological polar surface area (TPSA) is 39.1 Å². The minimum absolute atomic E-state index is 0.149. The van der Waals surface area contributed by atoms with Gasteiger partial charge >= 0.3 is 6.18 Å². The molecule has 0 saturated heterocycles. The third-order valence-corrected chi connectivity index (χ3v) is 5.00. The molecule has 2 aromatic rings. The van der Waals surface area contributed by atoms with Crippen molar-refractivity contribution in [1.29, 1.82) is 0 Å². The monoisotopic (exact) mass is 367 g/mol. The van der Waals surface area contributed by atoms with Gasteiger partial charge in [-0.25, -0.2) is 4.68 Å². The van der Waals surface area contributed by atoms with Crippen LogP contribution in [-0.2, 0) is 19.7 Å². The third-order valence-electron chi connectivity index (χ3n) is 5.00. The molecule has 0 radical (unpaired) electrons. The van der Waals surface area contributed by atoms with E-state index in [1.165, 1.54) is 4.68 Å². The van der Waals surface area contributed by atoms with Gasteiger partial charge in [0.2, 0.25) is 5.88 Å². The highest BCUT2D eigenvalue weighted by molar-refractivity contribution is 5.19. The van der Waals surface area contributed by atoms with Gasteiger partial charge in [-0.2, -0.15) is 18.3 Å². The number of hydrogen-bond acceptors (Lipinski definition) is 3. The second-order valence-corrected chi connectivity index (χ2v) is 6.92. The van der Waals surface area contributed by atoms with Gasteiger partial charge in [-0.3, -0.25) is 0 Å². The lowest BCUT2D eigenvalue weighted by Crippen LogP contribution is -2.39. The lowest BCUT2D eigenvalue weighted by molar-refractivity contribution is -0.228. The fraction of sp³-hybridized carbons (Fsp3) is 0.526. The van der Waals surface area contributed by atoms with Crippen LogP contribution < -0.4 is 10.1 Å². The van der Waals surface area contributed by atoms with Gasteiger partial charge in [0, 0.05) is 12.6 Å². The Labute approximate surface area is 151 Å². The number of halogens is 3. The Morgan fingerprint density at radius 3 is 2.50 bits per heavy atom. The number of nitrogens with one attached hydrogen (secondary N) is 1. The van der Waals surface area contributed by atoms with E-state index in [0.717, 1.165) is 5.56 Å². The van der Waals surface area contributed by atoms with E-state index in [1.54, 1.807) is 13.1 Å². The van der Waals surface area contributed by atoms with E-state index < -0.39 is 11.6 Å². The van der Waals surface area contributed by atoms with Crippen molar-refractivity contribution in [3.63, 3.8) is 0 Å². The van der Waals surface area contributed by atoms with Gasteiger partial charge in [0.1, 0.15) is 6.61 Å². The van der Waals surface area contributed by atoms with Crippen LogP contribution in [0.1, 0.15) is 36.9 Å². The molecule has 1 aliphatic rings. The van der Waals surface area contributed by atoms with Gasteiger partial charge in [0.15, 0.2) is 0 Å². The molecule has 7 heteroatoms. The Kier molecular flexibility index (Phi) is 5.55. The molecule has 0 unspecified atom stereocenters. The molecule has 3 rings (SSSR count). The van der Waals surface area contributed by atoms with E-state index in [2.05, 4.69) is 10.4 Å². The third kappa shape index (κ3) is 4.03. The zero-order valence-electron chi connectivity index (χ0n) is 14.9. The van der Waals surface area contributed by atoms with Crippen LogP contribution in [0.3, 0.4) is 0 Å². The fourth-order valence-corrected chi connectivity index (χ4v) is 3.55. The molecule has 1 heterocycles. The number of benzene rings is 1. The van der Waals surface area contributed by atoms with Gasteiger partial charge in [-0.05, 0) is 25.5 Å². The molecule has 1 aromatic carbocycles. The summed E-state index contributed by atoms with van der Waals surface area (Å²) in [6, 6.07) is 11.3. The Morgan fingerprint density at radius 1 is 1.19 bits per heavy atom. The molecular formula is C19H24F3N3O. The van der Waals surface area contributed by atoms with E-state index in [1.807, 2.05) is 30.3 Å². The van der Waals surface area contributed by atoms with Crippen LogP contribution in [0.25, 0.3) is 0 Å². The molecule has 0 bridgehead atoms. The summed E-state index contributed by atoms with van der Waals surface area (Å²) in [5.41, 5.74) is -0.0754. The second kappa shape index (κ2) is 7.70. The van der Waals surface area contributed by atoms with Crippen molar-refractivity contribution in [1.82, 2.24) is 15.1 Å². The van der Waals surface area contributed by atoms with Crippen molar-refractivity contribution in [2.45, 2.75) is 51.6 Å². The average Bonchev–Trinajstić information content (AvgIpc) is 3.22. The quantitative estimate of drug-likeness (QED) is 0.793. The molecule has 1 aliphatic carbocycles. The molecule has 0 spiro atoms. The number of aromatic nitrogens is 2. The number of ether oxygens (including phenoxy) is 1. The van der Waals surface area contributed by atoms with Crippen LogP contribution in [0.4, 0.5) is 13.2 Å². The largest absolute Gasteiger partial charge is 0.473 e. The first kappa shape index (κ1) is 18.8. The highest BCUT2D eigenvalue weighted by Gasteiger charge is 2.56. The number of nitrogens with zero attached hydrogens (tertiary/aromatic N) is 2. The summed E-state index contributed by atoms with van der Waals surface area (Å²) in [4.78, 5) is 0. The van der Waals surface area contributed by atoms with E-state index in [0.29, 0.717) is 37.6 Å². The van der Waals surface area contributed by atoms with Crippen molar-refractivity contribution in [3.05, 3.63) is 47.7 Å². The molecule has 26 heavy (non-hydrogen) atoms. The molecule has 0 amide bonds. The zero-order valence-corrected chi connectivity index (χ0v) is 14.9. The molecule has 1 saturated carbocycles. The maximum absolute atomic E-state index is 13.7. The van der Waals surface area contributed by atoms with Gasteiger partial charge in [0.05, 0.1) is 17.7 Å². The van der Waals surface area contributed by atoms with Crippen molar-refractivity contribution in [2.24, 2.45) is 5.41 Å². The Morgan fingerprint density at radius 2 is 1.88 bits per heavy atom. The van der Waals surface area contributed by atoms with E-state index in [-0.39, 0.29) is 19.4 Å². The summed E-state index contributed by atoms with van der Waals surface area (Å²) in [7, 11) is 1.78. The lowest BCUT2D eigenvalue weighted by atomic mass is 9.85. The van der Waals surface area contributed by atoms with Crippen molar-refractivity contribution in [3.8, 4) is 5.88 Å². The van der Waals surface area contributed by atoms with Crippen molar-refractivity contribution in [2.75, 3.05) is 7.05 Å². The summed E-state index contributed by atoms with van der Waals surface area (Å²) in [5, 5.41) is 7.34. The fourth-order valence-electron chi connectivity index (χ4n) is 3.55. The van der Waals surface area contributed by atoms with Crippen LogP contribution in [0.15, 0.2) is 36.4 Å².